The molecule has 18 heteroatoms. The Morgan fingerprint density at radius 3 is 1.43 bits per heavy atom. The summed E-state index contributed by atoms with van der Waals surface area (Å²) in [6.45, 7) is 0.722. The first-order chi connectivity index (χ1) is 24.1. The average Bonchev–Trinajstić information content (AvgIpc) is 3.13. The van der Waals surface area contributed by atoms with Gasteiger partial charge in [0, 0.05) is 0 Å². The summed E-state index contributed by atoms with van der Waals surface area (Å²) < 4.78 is 32.0. The van der Waals surface area contributed by atoms with E-state index in [2.05, 4.69) is 0 Å². The molecule has 18 nitrogen and oxygen atoms in total. The third-order valence-corrected chi connectivity index (χ3v) is 8.65. The quantitative estimate of drug-likeness (QED) is 0.0847. The molecule has 284 valence electrons. The standard InChI is InChI=1S/C33H44O18/c1-15(2)33(45,32(44)47-14-17-5-9-19(10-6-17)49-31-27(41)25(39)23(37)21(12-35)51-31)28(42)29(43)46-13-16-3-7-18(8-4-16)48-30-26(40)24(38)22(36)20(11-34)50-30/h3-10,15,20-28,30-31,34-42,45H,11-14H2,1-2H3/t20-,21-,22-,23-,24+,25+,26-,27-,28?,30-,31-,33?/m1/s1. The minimum absolute atomic E-state index is 0.155. The summed E-state index contributed by atoms with van der Waals surface area (Å²) in [6, 6.07) is 11.5. The Balaban J connectivity index is 1.29. The summed E-state index contributed by atoms with van der Waals surface area (Å²) in [5.41, 5.74) is -1.91. The van der Waals surface area contributed by atoms with Crippen molar-refractivity contribution in [3.8, 4) is 11.5 Å². The molecule has 0 aliphatic carbocycles. The molecule has 51 heavy (non-hydrogen) atoms. The molecule has 0 bridgehead atoms. The minimum Gasteiger partial charge on any atom is -0.462 e. The van der Waals surface area contributed by atoms with Gasteiger partial charge in [-0.15, -0.1) is 0 Å². The molecule has 2 aromatic carbocycles. The first-order valence-corrected chi connectivity index (χ1v) is 16.0. The fourth-order valence-electron chi connectivity index (χ4n) is 5.27. The number of aliphatic hydroxyl groups is 10. The van der Waals surface area contributed by atoms with E-state index in [1.54, 1.807) is 0 Å². The van der Waals surface area contributed by atoms with Crippen molar-refractivity contribution in [3.63, 3.8) is 0 Å². The van der Waals surface area contributed by atoms with Crippen molar-refractivity contribution in [2.24, 2.45) is 5.92 Å². The van der Waals surface area contributed by atoms with Crippen molar-refractivity contribution < 1.29 is 89.1 Å². The van der Waals surface area contributed by atoms with E-state index >= 15 is 0 Å². The van der Waals surface area contributed by atoms with Gasteiger partial charge in [0.25, 0.3) is 0 Å². The van der Waals surface area contributed by atoms with Crippen LogP contribution < -0.4 is 9.47 Å². The molecule has 0 saturated carbocycles. The van der Waals surface area contributed by atoms with Crippen LogP contribution in [0.25, 0.3) is 0 Å². The molecule has 2 unspecified atom stereocenters. The minimum atomic E-state index is -2.70. The normalized spacial score (nSPS) is 31.3. The number of ether oxygens (including phenoxy) is 6. The summed E-state index contributed by atoms with van der Waals surface area (Å²) in [5, 5.41) is 101. The zero-order valence-corrected chi connectivity index (χ0v) is 27.6. The molecule has 2 aliphatic heterocycles. The predicted molar refractivity (Wildman–Crippen MR) is 167 cm³/mol. The van der Waals surface area contributed by atoms with Crippen LogP contribution in [0.2, 0.25) is 0 Å². The Hall–Kier alpha value is -3.50. The third-order valence-electron chi connectivity index (χ3n) is 8.65. The molecule has 0 radical (unpaired) electrons. The Bertz CT molecular complexity index is 1420. The highest BCUT2D eigenvalue weighted by Crippen LogP contribution is 2.28. The number of benzene rings is 2. The molecular weight excluding hydrogens is 684 g/mol. The molecule has 2 fully saturated rings. The van der Waals surface area contributed by atoms with Crippen LogP contribution in [-0.4, -0.2) is 149 Å². The van der Waals surface area contributed by atoms with E-state index in [0.717, 1.165) is 0 Å². The highest BCUT2D eigenvalue weighted by Gasteiger charge is 2.52. The van der Waals surface area contributed by atoms with Crippen molar-refractivity contribution in [2.45, 2.75) is 100 Å². The second-order valence-electron chi connectivity index (χ2n) is 12.5. The Morgan fingerprint density at radius 1 is 0.667 bits per heavy atom. The molecule has 4 rings (SSSR count). The lowest BCUT2D eigenvalue weighted by Crippen LogP contribution is -2.60. The van der Waals surface area contributed by atoms with E-state index in [9.17, 15) is 60.7 Å². The van der Waals surface area contributed by atoms with Gasteiger partial charge < -0.3 is 79.5 Å². The molecule has 2 saturated heterocycles. The first-order valence-electron chi connectivity index (χ1n) is 16.0. The molecule has 2 aliphatic rings. The lowest BCUT2D eigenvalue weighted by Gasteiger charge is -2.39. The lowest BCUT2D eigenvalue weighted by atomic mass is 9.84. The number of rotatable bonds is 14. The van der Waals surface area contributed by atoms with Gasteiger partial charge in [0.2, 0.25) is 18.2 Å². The van der Waals surface area contributed by atoms with Gasteiger partial charge in [0.1, 0.15) is 73.5 Å². The van der Waals surface area contributed by atoms with Gasteiger partial charge in [-0.3, -0.25) is 0 Å². The zero-order chi connectivity index (χ0) is 37.6. The fraction of sp³-hybridized carbons (Fsp3) is 0.576. The lowest BCUT2D eigenvalue weighted by molar-refractivity contribution is -0.277. The zero-order valence-electron chi connectivity index (χ0n) is 27.6. The van der Waals surface area contributed by atoms with Crippen molar-refractivity contribution in [3.05, 3.63) is 59.7 Å². The van der Waals surface area contributed by atoms with Crippen LogP contribution in [0.3, 0.4) is 0 Å². The molecule has 0 spiro atoms. The summed E-state index contributed by atoms with van der Waals surface area (Å²) >= 11 is 0. The van der Waals surface area contributed by atoms with Crippen molar-refractivity contribution >= 4 is 11.9 Å². The molecule has 0 aromatic heterocycles. The van der Waals surface area contributed by atoms with Crippen molar-refractivity contribution in [2.75, 3.05) is 13.2 Å². The van der Waals surface area contributed by atoms with Gasteiger partial charge in [-0.05, 0) is 41.3 Å². The van der Waals surface area contributed by atoms with E-state index in [0.29, 0.717) is 11.1 Å². The molecule has 2 aromatic rings. The molecular formula is C33H44O18. The van der Waals surface area contributed by atoms with E-state index < -0.39 is 117 Å². The third kappa shape index (κ3) is 9.12. The second-order valence-corrected chi connectivity index (χ2v) is 12.5. The highest BCUT2D eigenvalue weighted by atomic mass is 16.7. The summed E-state index contributed by atoms with van der Waals surface area (Å²) in [6.07, 6.45) is -17.1. The van der Waals surface area contributed by atoms with Crippen LogP contribution in [0, 0.1) is 5.92 Å². The highest BCUT2D eigenvalue weighted by molar-refractivity contribution is 5.89. The van der Waals surface area contributed by atoms with Gasteiger partial charge in [0.15, 0.2) is 6.10 Å². The number of carbonyl (C=O) groups is 2. The van der Waals surface area contributed by atoms with E-state index in [4.69, 9.17) is 28.4 Å². The first kappa shape index (κ1) is 40.3. The largest absolute Gasteiger partial charge is 0.462 e. The van der Waals surface area contributed by atoms with Crippen LogP contribution >= 0.6 is 0 Å². The Kier molecular flexibility index (Phi) is 13.7. The van der Waals surface area contributed by atoms with Gasteiger partial charge in [-0.1, -0.05) is 38.1 Å². The Morgan fingerprint density at radius 2 is 1.06 bits per heavy atom. The SMILES string of the molecule is CC(C)C(O)(C(=O)OCc1ccc(O[C@@H]2O[C@H](CO)[C@@H](O)[C@H](O)[C@H]2O)cc1)C(O)C(=O)OCc1ccc(O[C@@H]2O[C@H](CO)[C@@H](O)[C@H](O)[C@H]2O)cc1. The summed E-state index contributed by atoms with van der Waals surface area (Å²) in [4.78, 5) is 25.8. The van der Waals surface area contributed by atoms with E-state index in [-0.39, 0.29) is 11.5 Å². The molecule has 12 atom stereocenters. The maximum absolute atomic E-state index is 13.0. The smallest absolute Gasteiger partial charge is 0.342 e. The fourth-order valence-corrected chi connectivity index (χ4v) is 5.27. The molecule has 10 N–H and O–H groups in total. The summed E-state index contributed by atoms with van der Waals surface area (Å²) in [5.74, 6) is -3.33. The number of hydrogen-bond acceptors (Lipinski definition) is 18. The van der Waals surface area contributed by atoms with E-state index in [1.165, 1.54) is 62.4 Å². The van der Waals surface area contributed by atoms with E-state index in [1.807, 2.05) is 0 Å². The predicted octanol–water partition coefficient (Wildman–Crippen LogP) is -3.42. The summed E-state index contributed by atoms with van der Waals surface area (Å²) in [7, 11) is 0. The van der Waals surface area contributed by atoms with Gasteiger partial charge >= 0.3 is 11.9 Å². The molecule has 2 heterocycles. The topological polar surface area (TPSA) is 292 Å². The number of aliphatic hydroxyl groups excluding tert-OH is 9. The van der Waals surface area contributed by atoms with Crippen molar-refractivity contribution in [1.82, 2.24) is 0 Å². The van der Waals surface area contributed by atoms with Crippen LogP contribution in [0.15, 0.2) is 48.5 Å². The second kappa shape index (κ2) is 17.3. The average molecular weight is 729 g/mol. The van der Waals surface area contributed by atoms with Crippen LogP contribution in [0.4, 0.5) is 0 Å². The molecule has 0 amide bonds. The van der Waals surface area contributed by atoms with Crippen LogP contribution in [-0.2, 0) is 41.8 Å². The maximum atomic E-state index is 13.0. The van der Waals surface area contributed by atoms with Gasteiger partial charge in [0.05, 0.1) is 13.2 Å². The Labute approximate surface area is 291 Å². The van der Waals surface area contributed by atoms with Gasteiger partial charge in [-0.25, -0.2) is 9.59 Å². The number of esters is 2. The van der Waals surface area contributed by atoms with Crippen LogP contribution in [0.1, 0.15) is 25.0 Å². The number of carbonyl (C=O) groups excluding carboxylic acids is 2. The monoisotopic (exact) mass is 728 g/mol. The van der Waals surface area contributed by atoms with Crippen LogP contribution in [0.5, 0.6) is 11.5 Å². The number of hydrogen-bond donors (Lipinski definition) is 10. The van der Waals surface area contributed by atoms with Gasteiger partial charge in [-0.2, -0.15) is 0 Å². The maximum Gasteiger partial charge on any atom is 0.342 e. The van der Waals surface area contributed by atoms with Crippen molar-refractivity contribution in [1.29, 1.82) is 0 Å².